The van der Waals surface area contributed by atoms with Crippen LogP contribution in [0.25, 0.3) is 0 Å². The maximum atomic E-state index is 5.89. The van der Waals surface area contributed by atoms with Crippen molar-refractivity contribution in [3.8, 4) is 0 Å². The van der Waals surface area contributed by atoms with Crippen LogP contribution in [-0.4, -0.2) is 41.5 Å². The van der Waals surface area contributed by atoms with E-state index in [1.54, 1.807) is 12.3 Å². The number of guanidine groups is 1. The lowest BCUT2D eigenvalue weighted by atomic mass is 10.2. The van der Waals surface area contributed by atoms with Gasteiger partial charge in [0.1, 0.15) is 5.15 Å². The minimum absolute atomic E-state index is 0. The summed E-state index contributed by atoms with van der Waals surface area (Å²) >= 11 is 5.74. The number of likely N-dealkylation sites (N-methyl/N-ethyl adjacent to an activating group) is 1. The minimum Gasteiger partial charge on any atom is -0.370 e. The van der Waals surface area contributed by atoms with Crippen LogP contribution in [-0.2, 0) is 6.54 Å². The standard InChI is InChI=1S/C14H22ClN5.HI/c1-2-20-7-3-4-12(20)10-19-14(16)18-9-11-5-6-13(15)17-8-11;/h5-6,8,12H,2-4,7,9-10H2,1H3,(H3,16,18,19);1H. The van der Waals surface area contributed by atoms with Crippen LogP contribution in [0.3, 0.4) is 0 Å². The van der Waals surface area contributed by atoms with Crippen LogP contribution >= 0.6 is 35.6 Å². The fraction of sp³-hybridized carbons (Fsp3) is 0.571. The summed E-state index contributed by atoms with van der Waals surface area (Å²) in [4.78, 5) is 10.8. The average molecular weight is 424 g/mol. The maximum Gasteiger partial charge on any atom is 0.188 e. The summed E-state index contributed by atoms with van der Waals surface area (Å²) in [5.41, 5.74) is 6.89. The van der Waals surface area contributed by atoms with Crippen molar-refractivity contribution < 1.29 is 0 Å². The van der Waals surface area contributed by atoms with Crippen molar-refractivity contribution in [3.63, 3.8) is 0 Å². The largest absolute Gasteiger partial charge is 0.370 e. The molecule has 0 radical (unpaired) electrons. The molecule has 1 fully saturated rings. The van der Waals surface area contributed by atoms with Gasteiger partial charge in [-0.15, -0.1) is 24.0 Å². The number of halogens is 2. The summed E-state index contributed by atoms with van der Waals surface area (Å²) in [6.07, 6.45) is 4.22. The first-order chi connectivity index (χ1) is 9.69. The topological polar surface area (TPSA) is 66.5 Å². The molecule has 1 aromatic heterocycles. The van der Waals surface area contributed by atoms with Crippen LogP contribution in [0.4, 0.5) is 0 Å². The lowest BCUT2D eigenvalue weighted by molar-refractivity contribution is 0.267. The number of pyridine rings is 1. The first-order valence-corrected chi connectivity index (χ1v) is 7.45. The number of nitrogens with zero attached hydrogens (tertiary/aromatic N) is 3. The Hall–Kier alpha value is -0.600. The van der Waals surface area contributed by atoms with E-state index in [1.807, 2.05) is 6.07 Å². The molecule has 2 heterocycles. The van der Waals surface area contributed by atoms with Crippen molar-refractivity contribution in [1.29, 1.82) is 0 Å². The normalized spacial score (nSPS) is 19.3. The van der Waals surface area contributed by atoms with Crippen molar-refractivity contribution >= 4 is 41.5 Å². The predicted octanol–water partition coefficient (Wildman–Crippen LogP) is 2.24. The Morgan fingerprint density at radius 3 is 3.05 bits per heavy atom. The van der Waals surface area contributed by atoms with Gasteiger partial charge < -0.3 is 11.1 Å². The van der Waals surface area contributed by atoms with E-state index in [0.29, 0.717) is 23.7 Å². The smallest absolute Gasteiger partial charge is 0.188 e. The van der Waals surface area contributed by atoms with Gasteiger partial charge in [-0.1, -0.05) is 24.6 Å². The lowest BCUT2D eigenvalue weighted by Crippen LogP contribution is -2.42. The molecule has 0 aliphatic carbocycles. The van der Waals surface area contributed by atoms with Crippen LogP contribution < -0.4 is 11.1 Å². The summed E-state index contributed by atoms with van der Waals surface area (Å²) in [6, 6.07) is 4.24. The predicted molar refractivity (Wildman–Crippen MR) is 98.3 cm³/mol. The van der Waals surface area contributed by atoms with Gasteiger partial charge in [0, 0.05) is 18.8 Å². The number of hydrogen-bond acceptors (Lipinski definition) is 3. The molecule has 7 heteroatoms. The van der Waals surface area contributed by atoms with Gasteiger partial charge in [-0.05, 0) is 37.6 Å². The van der Waals surface area contributed by atoms with Gasteiger partial charge in [0.25, 0.3) is 0 Å². The molecule has 0 saturated carbocycles. The third-order valence-corrected chi connectivity index (χ3v) is 3.87. The minimum atomic E-state index is 0. The number of hydrogen-bond donors (Lipinski definition) is 2. The average Bonchev–Trinajstić information content (AvgIpc) is 2.92. The lowest BCUT2D eigenvalue weighted by Gasteiger charge is -2.23. The molecule has 2 rings (SSSR count). The fourth-order valence-corrected chi connectivity index (χ4v) is 2.61. The highest BCUT2D eigenvalue weighted by atomic mass is 127. The Kier molecular flexibility index (Phi) is 8.28. The van der Waals surface area contributed by atoms with E-state index in [0.717, 1.165) is 18.7 Å². The monoisotopic (exact) mass is 423 g/mol. The number of aliphatic imine (C=N–C) groups is 1. The summed E-state index contributed by atoms with van der Waals surface area (Å²) in [7, 11) is 0. The quantitative estimate of drug-likeness (QED) is 0.330. The Morgan fingerprint density at radius 2 is 2.38 bits per heavy atom. The van der Waals surface area contributed by atoms with Crippen molar-refractivity contribution in [2.24, 2.45) is 10.7 Å². The zero-order chi connectivity index (χ0) is 14.4. The molecule has 5 nitrogen and oxygen atoms in total. The zero-order valence-electron chi connectivity index (χ0n) is 12.3. The first-order valence-electron chi connectivity index (χ1n) is 7.07. The Morgan fingerprint density at radius 1 is 1.57 bits per heavy atom. The number of nitrogens with one attached hydrogen (secondary N) is 1. The fourth-order valence-electron chi connectivity index (χ4n) is 2.50. The van der Waals surface area contributed by atoms with Crippen LogP contribution in [0, 0.1) is 0 Å². The van der Waals surface area contributed by atoms with Crippen molar-refractivity contribution in [2.45, 2.75) is 32.4 Å². The van der Waals surface area contributed by atoms with E-state index in [1.165, 1.54) is 19.4 Å². The van der Waals surface area contributed by atoms with Gasteiger partial charge in [0.15, 0.2) is 5.96 Å². The first kappa shape index (κ1) is 18.4. The van der Waals surface area contributed by atoms with Gasteiger partial charge in [-0.3, -0.25) is 4.90 Å². The van der Waals surface area contributed by atoms with E-state index in [9.17, 15) is 0 Å². The highest BCUT2D eigenvalue weighted by Crippen LogP contribution is 2.15. The van der Waals surface area contributed by atoms with E-state index in [2.05, 4.69) is 27.1 Å². The molecule has 21 heavy (non-hydrogen) atoms. The molecule has 1 aliphatic heterocycles. The van der Waals surface area contributed by atoms with E-state index < -0.39 is 0 Å². The molecule has 0 amide bonds. The molecule has 118 valence electrons. The molecule has 0 bridgehead atoms. The third kappa shape index (κ3) is 5.96. The second-order valence-electron chi connectivity index (χ2n) is 5.00. The molecule has 1 saturated heterocycles. The number of likely N-dealkylation sites (tertiary alicyclic amines) is 1. The molecular weight excluding hydrogens is 401 g/mol. The summed E-state index contributed by atoms with van der Waals surface area (Å²) < 4.78 is 0. The summed E-state index contributed by atoms with van der Waals surface area (Å²) in [5, 5.41) is 3.70. The van der Waals surface area contributed by atoms with E-state index in [4.69, 9.17) is 17.3 Å². The highest BCUT2D eigenvalue weighted by molar-refractivity contribution is 14.0. The van der Waals surface area contributed by atoms with Crippen molar-refractivity contribution in [3.05, 3.63) is 29.0 Å². The van der Waals surface area contributed by atoms with Crippen molar-refractivity contribution in [1.82, 2.24) is 15.2 Å². The molecule has 1 aromatic rings. The maximum absolute atomic E-state index is 5.89. The Labute approximate surface area is 148 Å². The van der Waals surface area contributed by atoms with Crippen LogP contribution in [0.2, 0.25) is 5.15 Å². The van der Waals surface area contributed by atoms with Gasteiger partial charge in [-0.2, -0.15) is 0 Å². The number of nitrogens with two attached hydrogens (primary N) is 1. The summed E-state index contributed by atoms with van der Waals surface area (Å²) in [5.74, 6) is 0.489. The van der Waals surface area contributed by atoms with Gasteiger partial charge in [-0.25, -0.2) is 9.98 Å². The van der Waals surface area contributed by atoms with Crippen LogP contribution in [0.1, 0.15) is 25.3 Å². The second-order valence-corrected chi connectivity index (χ2v) is 5.38. The van der Waals surface area contributed by atoms with Gasteiger partial charge in [0.05, 0.1) is 6.54 Å². The Balaban J connectivity index is 0.00000220. The van der Waals surface area contributed by atoms with Crippen LogP contribution in [0.5, 0.6) is 0 Å². The number of aromatic nitrogens is 1. The second kappa shape index (κ2) is 9.42. The SMILES string of the molecule is CCN1CCCC1CNC(N)=NCc1ccc(Cl)nc1.I. The molecule has 1 aliphatic rings. The highest BCUT2D eigenvalue weighted by Gasteiger charge is 2.22. The Bertz CT molecular complexity index is 451. The van der Waals surface area contributed by atoms with E-state index in [-0.39, 0.29) is 24.0 Å². The molecule has 3 N–H and O–H groups in total. The molecular formula is C14H23ClIN5. The van der Waals surface area contributed by atoms with Gasteiger partial charge in [0.2, 0.25) is 0 Å². The van der Waals surface area contributed by atoms with E-state index >= 15 is 0 Å². The zero-order valence-corrected chi connectivity index (χ0v) is 15.3. The third-order valence-electron chi connectivity index (χ3n) is 3.64. The molecule has 0 aromatic carbocycles. The van der Waals surface area contributed by atoms with Crippen molar-refractivity contribution in [2.75, 3.05) is 19.6 Å². The molecule has 1 atom stereocenters. The summed E-state index contributed by atoms with van der Waals surface area (Å²) in [6.45, 7) is 5.87. The number of rotatable bonds is 5. The van der Waals surface area contributed by atoms with Gasteiger partial charge >= 0.3 is 0 Å². The van der Waals surface area contributed by atoms with Crippen LogP contribution in [0.15, 0.2) is 23.3 Å². The molecule has 0 spiro atoms. The molecule has 1 unspecified atom stereocenters.